The molecule has 0 aliphatic carbocycles. The van der Waals surface area contributed by atoms with E-state index in [0.29, 0.717) is 24.6 Å². The molecule has 1 N–H and O–H groups in total. The lowest BCUT2D eigenvalue weighted by molar-refractivity contribution is -0.120. The van der Waals surface area contributed by atoms with E-state index in [9.17, 15) is 4.79 Å². The molecule has 4 heteroatoms. The summed E-state index contributed by atoms with van der Waals surface area (Å²) < 4.78 is 5.71. The Bertz CT molecular complexity index is 611. The van der Waals surface area contributed by atoms with Crippen LogP contribution in [-0.4, -0.2) is 19.1 Å². The zero-order valence-corrected chi connectivity index (χ0v) is 13.4. The average Bonchev–Trinajstić information content (AvgIpc) is 2.54. The Morgan fingerprint density at radius 1 is 1.14 bits per heavy atom. The van der Waals surface area contributed by atoms with Gasteiger partial charge >= 0.3 is 0 Å². The van der Waals surface area contributed by atoms with Crippen molar-refractivity contribution in [2.45, 2.75) is 19.8 Å². The number of ether oxygens (including phenoxy) is 1. The second kappa shape index (κ2) is 8.44. The second-order valence-electron chi connectivity index (χ2n) is 4.96. The molecule has 0 bridgehead atoms. The molecule has 0 saturated carbocycles. The van der Waals surface area contributed by atoms with Gasteiger partial charge in [0.25, 0.3) is 0 Å². The molecule has 0 unspecified atom stereocenters. The number of amides is 1. The van der Waals surface area contributed by atoms with Crippen LogP contribution in [0.4, 0.5) is 0 Å². The summed E-state index contributed by atoms with van der Waals surface area (Å²) in [4.78, 5) is 11.8. The highest BCUT2D eigenvalue weighted by Crippen LogP contribution is 2.17. The first kappa shape index (κ1) is 16.4. The van der Waals surface area contributed by atoms with E-state index >= 15 is 0 Å². The van der Waals surface area contributed by atoms with Crippen LogP contribution in [0.15, 0.2) is 48.5 Å². The fourth-order valence-electron chi connectivity index (χ4n) is 2.14. The van der Waals surface area contributed by atoms with Crippen molar-refractivity contribution in [1.29, 1.82) is 0 Å². The lowest BCUT2D eigenvalue weighted by Crippen LogP contribution is -2.29. The van der Waals surface area contributed by atoms with Crippen LogP contribution in [0, 0.1) is 0 Å². The van der Waals surface area contributed by atoms with Gasteiger partial charge in [-0.05, 0) is 35.7 Å². The minimum Gasteiger partial charge on any atom is -0.491 e. The van der Waals surface area contributed by atoms with Crippen LogP contribution in [0.25, 0.3) is 0 Å². The van der Waals surface area contributed by atoms with Gasteiger partial charge in [0, 0.05) is 5.02 Å². The summed E-state index contributed by atoms with van der Waals surface area (Å²) in [6.07, 6.45) is 1.28. The van der Waals surface area contributed by atoms with Crippen LogP contribution >= 0.6 is 11.6 Å². The van der Waals surface area contributed by atoms with Gasteiger partial charge in [0.15, 0.2) is 0 Å². The van der Waals surface area contributed by atoms with Crippen molar-refractivity contribution in [2.75, 3.05) is 13.2 Å². The van der Waals surface area contributed by atoms with Crippen LogP contribution in [-0.2, 0) is 17.6 Å². The highest BCUT2D eigenvalue weighted by molar-refractivity contribution is 6.30. The Hall–Kier alpha value is -2.00. The number of carbonyl (C=O) groups excluding carboxylic acids is 1. The Labute approximate surface area is 136 Å². The van der Waals surface area contributed by atoms with Crippen molar-refractivity contribution in [3.63, 3.8) is 0 Å². The number of hydrogen-bond acceptors (Lipinski definition) is 2. The first-order chi connectivity index (χ1) is 10.7. The predicted octanol–water partition coefficient (Wildman–Crippen LogP) is 3.64. The molecular weight excluding hydrogens is 298 g/mol. The lowest BCUT2D eigenvalue weighted by atomic mass is 10.1. The van der Waals surface area contributed by atoms with Gasteiger partial charge in [-0.3, -0.25) is 4.79 Å². The van der Waals surface area contributed by atoms with Crippen molar-refractivity contribution in [2.24, 2.45) is 0 Å². The first-order valence-corrected chi connectivity index (χ1v) is 7.78. The van der Waals surface area contributed by atoms with Crippen molar-refractivity contribution >= 4 is 17.5 Å². The summed E-state index contributed by atoms with van der Waals surface area (Å²) in [5.41, 5.74) is 2.12. The van der Waals surface area contributed by atoms with Crippen LogP contribution in [0.5, 0.6) is 5.75 Å². The molecule has 1 amide bonds. The number of rotatable bonds is 7. The maximum absolute atomic E-state index is 11.8. The van der Waals surface area contributed by atoms with E-state index in [1.165, 1.54) is 5.56 Å². The fraction of sp³-hybridized carbons (Fsp3) is 0.278. The zero-order valence-electron chi connectivity index (χ0n) is 12.6. The third-order valence-electron chi connectivity index (χ3n) is 3.31. The molecule has 2 aromatic rings. The number of nitrogens with one attached hydrogen (secondary N) is 1. The summed E-state index contributed by atoms with van der Waals surface area (Å²) in [5.74, 6) is 0.867. The number of hydrogen-bond donors (Lipinski definition) is 1. The highest BCUT2D eigenvalue weighted by Gasteiger charge is 2.04. The Morgan fingerprint density at radius 3 is 2.59 bits per heavy atom. The Morgan fingerprint density at radius 2 is 1.86 bits per heavy atom. The van der Waals surface area contributed by atoms with Gasteiger partial charge < -0.3 is 10.1 Å². The third kappa shape index (κ3) is 5.08. The van der Waals surface area contributed by atoms with Gasteiger partial charge in [-0.2, -0.15) is 0 Å². The fourth-order valence-corrected chi connectivity index (χ4v) is 2.26. The van der Waals surface area contributed by atoms with Crippen molar-refractivity contribution < 1.29 is 9.53 Å². The molecule has 0 atom stereocenters. The van der Waals surface area contributed by atoms with Gasteiger partial charge in [0.1, 0.15) is 12.4 Å². The lowest BCUT2D eigenvalue weighted by Gasteiger charge is -2.11. The minimum absolute atomic E-state index is 0.0188. The molecule has 116 valence electrons. The van der Waals surface area contributed by atoms with E-state index in [2.05, 4.69) is 18.3 Å². The second-order valence-corrected chi connectivity index (χ2v) is 5.40. The van der Waals surface area contributed by atoms with Crippen LogP contribution in [0.2, 0.25) is 5.02 Å². The molecule has 0 aliphatic heterocycles. The van der Waals surface area contributed by atoms with E-state index in [1.807, 2.05) is 30.3 Å². The predicted molar refractivity (Wildman–Crippen MR) is 89.5 cm³/mol. The number of para-hydroxylation sites is 1. The molecular formula is C18H20ClNO2. The van der Waals surface area contributed by atoms with Gasteiger partial charge in [0.2, 0.25) is 5.91 Å². The molecule has 2 aromatic carbocycles. The molecule has 0 aliphatic rings. The van der Waals surface area contributed by atoms with E-state index in [0.717, 1.165) is 17.7 Å². The molecule has 0 spiro atoms. The van der Waals surface area contributed by atoms with Crippen LogP contribution in [0.1, 0.15) is 18.1 Å². The summed E-state index contributed by atoms with van der Waals surface area (Å²) >= 11 is 5.82. The Balaban J connectivity index is 1.72. The minimum atomic E-state index is -0.0188. The van der Waals surface area contributed by atoms with Crippen molar-refractivity contribution in [1.82, 2.24) is 5.32 Å². The Kier molecular flexibility index (Phi) is 6.28. The van der Waals surface area contributed by atoms with Gasteiger partial charge in [-0.1, -0.05) is 48.9 Å². The largest absolute Gasteiger partial charge is 0.491 e. The summed E-state index contributed by atoms with van der Waals surface area (Å²) in [6, 6.07) is 15.2. The summed E-state index contributed by atoms with van der Waals surface area (Å²) in [6.45, 7) is 3.05. The molecule has 0 aromatic heterocycles. The summed E-state index contributed by atoms with van der Waals surface area (Å²) in [5, 5.41) is 3.53. The SMILES string of the molecule is CCc1ccccc1OCCNC(=O)Cc1ccc(Cl)cc1. The maximum atomic E-state index is 11.8. The molecule has 0 heterocycles. The molecule has 0 fully saturated rings. The van der Waals surface area contributed by atoms with Gasteiger partial charge in [-0.15, -0.1) is 0 Å². The monoisotopic (exact) mass is 317 g/mol. The van der Waals surface area contributed by atoms with E-state index < -0.39 is 0 Å². The van der Waals surface area contributed by atoms with Crippen molar-refractivity contribution in [3.05, 3.63) is 64.7 Å². The molecule has 0 radical (unpaired) electrons. The molecule has 0 saturated heterocycles. The maximum Gasteiger partial charge on any atom is 0.224 e. The van der Waals surface area contributed by atoms with Crippen LogP contribution < -0.4 is 10.1 Å². The van der Waals surface area contributed by atoms with E-state index in [4.69, 9.17) is 16.3 Å². The number of carbonyl (C=O) groups is 1. The first-order valence-electron chi connectivity index (χ1n) is 7.41. The number of benzene rings is 2. The normalized spacial score (nSPS) is 10.3. The topological polar surface area (TPSA) is 38.3 Å². The summed E-state index contributed by atoms with van der Waals surface area (Å²) in [7, 11) is 0. The van der Waals surface area contributed by atoms with E-state index in [-0.39, 0.29) is 5.91 Å². The van der Waals surface area contributed by atoms with Crippen LogP contribution in [0.3, 0.4) is 0 Å². The van der Waals surface area contributed by atoms with Gasteiger partial charge in [-0.25, -0.2) is 0 Å². The molecule has 2 rings (SSSR count). The standard InChI is InChI=1S/C18H20ClNO2/c1-2-15-5-3-4-6-17(15)22-12-11-20-18(21)13-14-7-9-16(19)10-8-14/h3-10H,2,11-13H2,1H3,(H,20,21). The number of halogens is 1. The van der Waals surface area contributed by atoms with Gasteiger partial charge in [0.05, 0.1) is 13.0 Å². The third-order valence-corrected chi connectivity index (χ3v) is 3.57. The van der Waals surface area contributed by atoms with E-state index in [1.54, 1.807) is 12.1 Å². The van der Waals surface area contributed by atoms with Crippen molar-refractivity contribution in [3.8, 4) is 5.75 Å². The number of aryl methyl sites for hydroxylation is 1. The highest BCUT2D eigenvalue weighted by atomic mass is 35.5. The molecule has 22 heavy (non-hydrogen) atoms. The smallest absolute Gasteiger partial charge is 0.224 e. The zero-order chi connectivity index (χ0) is 15.8. The average molecular weight is 318 g/mol. The molecule has 3 nitrogen and oxygen atoms in total. The quantitative estimate of drug-likeness (QED) is 0.792.